The van der Waals surface area contributed by atoms with Gasteiger partial charge >= 0.3 is 6.09 Å². The summed E-state index contributed by atoms with van der Waals surface area (Å²) in [6.45, 7) is 9.79. The first kappa shape index (κ1) is 35.6. The number of likely N-dealkylation sites (tertiary alicyclic amines) is 1. The molecule has 258 valence electrons. The van der Waals surface area contributed by atoms with Crippen molar-refractivity contribution in [3.8, 4) is 23.1 Å². The number of rotatable bonds is 10. The van der Waals surface area contributed by atoms with Crippen LogP contribution >= 0.6 is 11.6 Å². The quantitative estimate of drug-likeness (QED) is 0.322. The highest BCUT2D eigenvalue weighted by molar-refractivity contribution is 7.88. The third-order valence-corrected chi connectivity index (χ3v) is 11.8. The van der Waals surface area contributed by atoms with Crippen LogP contribution in [-0.2, 0) is 29.5 Å². The van der Waals surface area contributed by atoms with Gasteiger partial charge in [0.25, 0.3) is 0 Å². The average Bonchev–Trinajstić information content (AvgIpc) is 3.41. The number of sulfonamides is 1. The molecule has 11 nitrogen and oxygen atoms in total. The Morgan fingerprint density at radius 2 is 1.91 bits per heavy atom. The predicted octanol–water partition coefficient (Wildman–Crippen LogP) is 3.72. The number of nitrogens with one attached hydrogen (secondary N) is 1. The van der Waals surface area contributed by atoms with Gasteiger partial charge in [0.15, 0.2) is 0 Å². The Kier molecular flexibility index (Phi) is 11.9. The van der Waals surface area contributed by atoms with E-state index in [1.54, 1.807) is 10.7 Å². The molecule has 2 fully saturated rings. The summed E-state index contributed by atoms with van der Waals surface area (Å²) >= 11 is 6.54. The number of halogens is 1. The summed E-state index contributed by atoms with van der Waals surface area (Å²) in [5, 5.41) is 30.3. The molecule has 3 aliphatic rings. The first-order valence-corrected chi connectivity index (χ1v) is 19.1. The van der Waals surface area contributed by atoms with E-state index < -0.39 is 22.2 Å². The molecule has 1 aromatic carbocycles. The van der Waals surface area contributed by atoms with Crippen LogP contribution in [0.1, 0.15) is 62.8 Å². The van der Waals surface area contributed by atoms with Crippen LogP contribution < -0.4 is 5.32 Å². The number of aliphatic hydroxyl groups is 1. The van der Waals surface area contributed by atoms with E-state index in [4.69, 9.17) is 16.7 Å². The van der Waals surface area contributed by atoms with Gasteiger partial charge < -0.3 is 20.4 Å². The van der Waals surface area contributed by atoms with Gasteiger partial charge in [-0.05, 0) is 82.3 Å². The Balaban J connectivity index is 1.40. The van der Waals surface area contributed by atoms with Crippen molar-refractivity contribution in [3.63, 3.8) is 0 Å². The molecule has 1 aromatic heterocycles. The summed E-state index contributed by atoms with van der Waals surface area (Å²) in [5.74, 6) is 7.44. The average molecular weight is 689 g/mol. The van der Waals surface area contributed by atoms with Crippen molar-refractivity contribution >= 4 is 27.7 Å². The van der Waals surface area contributed by atoms with Gasteiger partial charge in [0.05, 0.1) is 36.2 Å². The zero-order chi connectivity index (χ0) is 33.7. The zero-order valence-electron chi connectivity index (χ0n) is 27.8. The molecule has 0 spiro atoms. The Bertz CT molecular complexity index is 1580. The number of carboxylic acid groups (broad SMARTS) is 1. The van der Waals surface area contributed by atoms with Gasteiger partial charge in [0, 0.05) is 54.5 Å². The summed E-state index contributed by atoms with van der Waals surface area (Å²) < 4.78 is 28.4. The van der Waals surface area contributed by atoms with E-state index in [1.165, 1.54) is 15.5 Å². The molecule has 47 heavy (non-hydrogen) atoms. The Morgan fingerprint density at radius 1 is 1.17 bits per heavy atom. The molecule has 3 aliphatic heterocycles. The summed E-state index contributed by atoms with van der Waals surface area (Å²) in [7, 11) is -3.44. The van der Waals surface area contributed by atoms with Crippen LogP contribution in [0.15, 0.2) is 18.2 Å². The Hall–Kier alpha value is -2.66. The lowest BCUT2D eigenvalue weighted by Crippen LogP contribution is -2.49. The fourth-order valence-electron chi connectivity index (χ4n) is 7.48. The minimum Gasteiger partial charge on any atom is -0.465 e. The number of piperidine rings is 2. The molecule has 4 heterocycles. The Labute approximate surface area is 284 Å². The van der Waals surface area contributed by atoms with Crippen molar-refractivity contribution in [3.05, 3.63) is 40.0 Å². The molecule has 0 aliphatic carbocycles. The van der Waals surface area contributed by atoms with E-state index in [0.29, 0.717) is 60.6 Å². The van der Waals surface area contributed by atoms with E-state index in [0.717, 1.165) is 68.7 Å². The maximum atomic E-state index is 12.6. The second-order valence-corrected chi connectivity index (χ2v) is 15.5. The minimum atomic E-state index is -3.44. The number of carbonyl (C=O) groups is 1. The van der Waals surface area contributed by atoms with Gasteiger partial charge in [-0.2, -0.15) is 9.40 Å². The van der Waals surface area contributed by atoms with Crippen LogP contribution in [0.2, 0.25) is 5.02 Å². The molecule has 2 aromatic rings. The summed E-state index contributed by atoms with van der Waals surface area (Å²) in [6.07, 6.45) is 4.04. The van der Waals surface area contributed by atoms with Crippen molar-refractivity contribution in [2.45, 2.75) is 77.6 Å². The van der Waals surface area contributed by atoms with Gasteiger partial charge in [-0.3, -0.25) is 9.58 Å². The number of aliphatic hydroxyl groups excluding tert-OH is 1. The van der Waals surface area contributed by atoms with Crippen molar-refractivity contribution in [1.82, 2.24) is 29.2 Å². The van der Waals surface area contributed by atoms with E-state index in [-0.39, 0.29) is 19.1 Å². The van der Waals surface area contributed by atoms with Gasteiger partial charge in [-0.1, -0.05) is 43.4 Å². The number of hydrogen-bond acceptors (Lipinski definition) is 7. The van der Waals surface area contributed by atoms with E-state index >= 15 is 0 Å². The predicted molar refractivity (Wildman–Crippen MR) is 184 cm³/mol. The van der Waals surface area contributed by atoms with Crippen LogP contribution in [0, 0.1) is 23.7 Å². The SMILES string of the molecule is CCN(CC)CC#Cc1cc(-c2nn(C[C@@H](O)CC3CC(C4CCNCC4)CCN3C(=O)O)c3c2CN(S(C)(=O)=O)CC3)ccc1Cl. The fourth-order valence-corrected chi connectivity index (χ4v) is 8.43. The van der Waals surface area contributed by atoms with Crippen molar-refractivity contribution in [1.29, 1.82) is 0 Å². The lowest BCUT2D eigenvalue weighted by Gasteiger charge is -2.42. The number of benzene rings is 1. The highest BCUT2D eigenvalue weighted by Crippen LogP contribution is 2.36. The third-order valence-electron chi connectivity index (χ3n) is 10.2. The molecule has 0 saturated carbocycles. The van der Waals surface area contributed by atoms with Crippen molar-refractivity contribution in [2.75, 3.05) is 52.1 Å². The lowest BCUT2D eigenvalue weighted by molar-refractivity contribution is 0.0366. The van der Waals surface area contributed by atoms with E-state index in [2.05, 4.69) is 35.9 Å². The Morgan fingerprint density at radius 3 is 2.60 bits per heavy atom. The summed E-state index contributed by atoms with van der Waals surface area (Å²) in [6, 6.07) is 5.29. The number of aromatic nitrogens is 2. The molecule has 2 unspecified atom stereocenters. The van der Waals surface area contributed by atoms with E-state index in [9.17, 15) is 23.4 Å². The number of amides is 1. The van der Waals surface area contributed by atoms with Crippen LogP contribution in [-0.4, -0.2) is 113 Å². The largest absolute Gasteiger partial charge is 0.465 e. The third kappa shape index (κ3) is 8.69. The second-order valence-electron chi connectivity index (χ2n) is 13.2. The molecule has 3 N–H and O–H groups in total. The van der Waals surface area contributed by atoms with Crippen LogP contribution in [0.3, 0.4) is 0 Å². The molecular weight excluding hydrogens is 640 g/mol. The van der Waals surface area contributed by atoms with Crippen LogP contribution in [0.5, 0.6) is 0 Å². The lowest BCUT2D eigenvalue weighted by atomic mass is 9.76. The monoisotopic (exact) mass is 688 g/mol. The highest BCUT2D eigenvalue weighted by Gasteiger charge is 2.37. The summed E-state index contributed by atoms with van der Waals surface area (Å²) in [5.41, 5.74) is 3.77. The number of nitrogens with zero attached hydrogens (tertiary/aromatic N) is 5. The second kappa shape index (κ2) is 15.7. The summed E-state index contributed by atoms with van der Waals surface area (Å²) in [4.78, 5) is 15.9. The van der Waals surface area contributed by atoms with Crippen LogP contribution in [0.25, 0.3) is 11.3 Å². The molecule has 0 bridgehead atoms. The van der Waals surface area contributed by atoms with Crippen molar-refractivity contribution < 1.29 is 23.4 Å². The molecule has 1 amide bonds. The van der Waals surface area contributed by atoms with Gasteiger partial charge in [-0.15, -0.1) is 0 Å². The first-order chi connectivity index (χ1) is 22.5. The number of hydrogen-bond donors (Lipinski definition) is 3. The molecule has 0 radical (unpaired) electrons. The molecule has 3 atom stereocenters. The maximum absolute atomic E-state index is 12.6. The molecule has 13 heteroatoms. The molecular formula is C34H49ClN6O5S. The normalized spacial score (nSPS) is 21.7. The maximum Gasteiger partial charge on any atom is 0.407 e. The molecule has 2 saturated heterocycles. The fraction of sp³-hybridized carbons (Fsp3) is 0.647. The standard InChI is InChI=1S/C34H49ClN6O5S/c1-4-38(5-2)16-6-7-26-19-27(8-9-31(26)35)33-30-23-39(47(3,45)46)17-13-32(30)41(37-33)22-29(42)21-28-20-25(12-18-40(28)34(43)44)24-10-14-36-15-11-24/h8-9,19,24-25,28-29,36,42H,4-5,10-18,20-23H2,1-3H3,(H,43,44)/t25?,28?,29-/m0/s1. The zero-order valence-corrected chi connectivity index (χ0v) is 29.4. The first-order valence-electron chi connectivity index (χ1n) is 16.9. The van der Waals surface area contributed by atoms with Crippen molar-refractivity contribution in [2.24, 2.45) is 11.8 Å². The number of fused-ring (bicyclic) bond motifs is 1. The highest BCUT2D eigenvalue weighted by atomic mass is 35.5. The molecule has 5 rings (SSSR count). The van der Waals surface area contributed by atoms with Gasteiger partial charge in [0.2, 0.25) is 10.0 Å². The smallest absolute Gasteiger partial charge is 0.407 e. The minimum absolute atomic E-state index is 0.179. The van der Waals surface area contributed by atoms with Gasteiger partial charge in [0.1, 0.15) is 0 Å². The van der Waals surface area contributed by atoms with Gasteiger partial charge in [-0.25, -0.2) is 13.2 Å². The van der Waals surface area contributed by atoms with E-state index in [1.807, 2.05) is 12.1 Å². The van der Waals surface area contributed by atoms with Crippen LogP contribution in [0.4, 0.5) is 4.79 Å². The topological polar surface area (TPSA) is 131 Å².